The first-order valence-corrected chi connectivity index (χ1v) is 9.09. The molecule has 0 saturated heterocycles. The highest BCUT2D eigenvalue weighted by molar-refractivity contribution is 5.86. The number of hydrogen-bond acceptors (Lipinski definition) is 2. The second-order valence-corrected chi connectivity index (χ2v) is 6.50. The molecule has 0 amide bonds. The van der Waals surface area contributed by atoms with E-state index in [-0.39, 0.29) is 0 Å². The van der Waals surface area contributed by atoms with Gasteiger partial charge in [-0.1, -0.05) is 82.7 Å². The summed E-state index contributed by atoms with van der Waals surface area (Å²) in [6, 6.07) is 0. The van der Waals surface area contributed by atoms with Gasteiger partial charge >= 0.3 is 0 Å². The molecule has 0 aromatic rings. The lowest BCUT2D eigenvalue weighted by atomic mass is 9.84. The van der Waals surface area contributed by atoms with Crippen LogP contribution in [0.2, 0.25) is 0 Å². The van der Waals surface area contributed by atoms with E-state index in [9.17, 15) is 0 Å². The number of nitrogens with zero attached hydrogens (tertiary/aromatic N) is 1. The SMILES string of the molecule is CCCCCCCCCCCC[C@H]1CCCC/C1=N\O. The van der Waals surface area contributed by atoms with E-state index in [4.69, 9.17) is 5.21 Å². The first kappa shape index (κ1) is 17.5. The van der Waals surface area contributed by atoms with Crippen LogP contribution in [0, 0.1) is 5.92 Å². The summed E-state index contributed by atoms with van der Waals surface area (Å²) in [5.74, 6) is 0.586. The highest BCUT2D eigenvalue weighted by Crippen LogP contribution is 2.26. The van der Waals surface area contributed by atoms with Gasteiger partial charge in [0.25, 0.3) is 0 Å². The summed E-state index contributed by atoms with van der Waals surface area (Å²) >= 11 is 0. The predicted octanol–water partition coefficient (Wildman–Crippen LogP) is 6.32. The number of hydrogen-bond donors (Lipinski definition) is 1. The molecule has 1 N–H and O–H groups in total. The molecule has 0 aliphatic heterocycles. The van der Waals surface area contributed by atoms with Crippen molar-refractivity contribution < 1.29 is 5.21 Å². The van der Waals surface area contributed by atoms with E-state index in [1.165, 1.54) is 89.9 Å². The summed E-state index contributed by atoms with van der Waals surface area (Å²) in [5.41, 5.74) is 1.08. The minimum atomic E-state index is 0.586. The van der Waals surface area contributed by atoms with Crippen molar-refractivity contribution in [2.45, 2.75) is 103 Å². The predicted molar refractivity (Wildman–Crippen MR) is 87.6 cm³/mol. The van der Waals surface area contributed by atoms with Gasteiger partial charge in [0, 0.05) is 5.92 Å². The molecule has 0 unspecified atom stereocenters. The van der Waals surface area contributed by atoms with E-state index in [1.807, 2.05) is 0 Å². The normalized spacial score (nSPS) is 21.4. The van der Waals surface area contributed by atoms with Crippen LogP contribution in [0.1, 0.15) is 103 Å². The van der Waals surface area contributed by atoms with Crippen LogP contribution in [0.4, 0.5) is 0 Å². The Morgan fingerprint density at radius 1 is 0.900 bits per heavy atom. The van der Waals surface area contributed by atoms with Gasteiger partial charge in [0.15, 0.2) is 0 Å². The summed E-state index contributed by atoms with van der Waals surface area (Å²) in [6.07, 6.45) is 20.0. The number of rotatable bonds is 11. The van der Waals surface area contributed by atoms with Gasteiger partial charge in [-0.3, -0.25) is 0 Å². The second-order valence-electron chi connectivity index (χ2n) is 6.50. The minimum Gasteiger partial charge on any atom is -0.411 e. The zero-order valence-electron chi connectivity index (χ0n) is 13.6. The van der Waals surface area contributed by atoms with Crippen molar-refractivity contribution in [2.24, 2.45) is 11.1 Å². The van der Waals surface area contributed by atoms with Crippen LogP contribution in [0.15, 0.2) is 5.16 Å². The molecule has 118 valence electrons. The maximum Gasteiger partial charge on any atom is 0.0601 e. The Morgan fingerprint density at radius 3 is 2.10 bits per heavy atom. The summed E-state index contributed by atoms with van der Waals surface area (Å²) in [5, 5.41) is 12.5. The maximum atomic E-state index is 9.01. The van der Waals surface area contributed by atoms with Gasteiger partial charge in [0.2, 0.25) is 0 Å². The molecule has 1 atom stereocenters. The second kappa shape index (κ2) is 12.2. The van der Waals surface area contributed by atoms with Gasteiger partial charge < -0.3 is 5.21 Å². The zero-order valence-corrected chi connectivity index (χ0v) is 13.6. The van der Waals surface area contributed by atoms with E-state index in [2.05, 4.69) is 12.1 Å². The average molecular weight is 281 g/mol. The van der Waals surface area contributed by atoms with Crippen molar-refractivity contribution in [3.05, 3.63) is 0 Å². The monoisotopic (exact) mass is 281 g/mol. The van der Waals surface area contributed by atoms with Crippen LogP contribution >= 0.6 is 0 Å². The van der Waals surface area contributed by atoms with Gasteiger partial charge in [0.05, 0.1) is 5.71 Å². The Balaban J connectivity index is 1.89. The van der Waals surface area contributed by atoms with Gasteiger partial charge in [-0.05, 0) is 25.7 Å². The molecule has 0 aromatic carbocycles. The summed E-state index contributed by atoms with van der Waals surface area (Å²) < 4.78 is 0. The van der Waals surface area contributed by atoms with Gasteiger partial charge in [-0.2, -0.15) is 0 Å². The minimum absolute atomic E-state index is 0.586. The first-order valence-electron chi connectivity index (χ1n) is 9.09. The smallest absolute Gasteiger partial charge is 0.0601 e. The third-order valence-corrected chi connectivity index (χ3v) is 4.74. The molecule has 0 radical (unpaired) electrons. The molecule has 1 aliphatic carbocycles. The standard InChI is InChI=1S/C18H35NO/c1-2-3-4-5-6-7-8-9-10-11-14-17-15-12-13-16-18(17)19-20/h17,20H,2-16H2,1H3/b19-18+/t17-/m0/s1. The number of unbranched alkanes of at least 4 members (excludes halogenated alkanes) is 9. The van der Waals surface area contributed by atoms with Crippen LogP contribution in [0.25, 0.3) is 0 Å². The molecule has 0 spiro atoms. The van der Waals surface area contributed by atoms with Crippen molar-refractivity contribution in [2.75, 3.05) is 0 Å². The summed E-state index contributed by atoms with van der Waals surface area (Å²) in [6.45, 7) is 2.28. The highest BCUT2D eigenvalue weighted by atomic mass is 16.4. The Bertz CT molecular complexity index is 250. The van der Waals surface area contributed by atoms with Crippen molar-refractivity contribution in [1.29, 1.82) is 0 Å². The summed E-state index contributed by atoms with van der Waals surface area (Å²) in [4.78, 5) is 0. The Kier molecular flexibility index (Phi) is 10.7. The molecule has 1 fully saturated rings. The van der Waals surface area contributed by atoms with E-state index in [1.54, 1.807) is 0 Å². The fraction of sp³-hybridized carbons (Fsp3) is 0.944. The molecule has 20 heavy (non-hydrogen) atoms. The fourth-order valence-corrected chi connectivity index (χ4v) is 3.39. The van der Waals surface area contributed by atoms with Gasteiger partial charge in [-0.15, -0.1) is 0 Å². The zero-order chi connectivity index (χ0) is 14.5. The molecule has 1 saturated carbocycles. The Labute approximate surface area is 126 Å². The van der Waals surface area contributed by atoms with Crippen molar-refractivity contribution in [3.63, 3.8) is 0 Å². The van der Waals surface area contributed by atoms with E-state index in [0.717, 1.165) is 12.1 Å². The van der Waals surface area contributed by atoms with Crippen LogP contribution in [0.5, 0.6) is 0 Å². The van der Waals surface area contributed by atoms with Gasteiger partial charge in [0.1, 0.15) is 0 Å². The molecule has 0 aromatic heterocycles. The molecule has 0 heterocycles. The highest BCUT2D eigenvalue weighted by Gasteiger charge is 2.20. The van der Waals surface area contributed by atoms with Crippen LogP contribution in [-0.2, 0) is 0 Å². The lowest BCUT2D eigenvalue weighted by Crippen LogP contribution is -2.19. The lowest BCUT2D eigenvalue weighted by molar-refractivity contribution is 0.307. The van der Waals surface area contributed by atoms with Gasteiger partial charge in [-0.25, -0.2) is 0 Å². The molecule has 1 rings (SSSR count). The quantitative estimate of drug-likeness (QED) is 0.268. The van der Waals surface area contributed by atoms with E-state index < -0.39 is 0 Å². The first-order chi connectivity index (χ1) is 9.88. The molecule has 2 nitrogen and oxygen atoms in total. The largest absolute Gasteiger partial charge is 0.411 e. The number of oxime groups is 1. The molecular formula is C18H35NO. The third kappa shape index (κ3) is 7.91. The fourth-order valence-electron chi connectivity index (χ4n) is 3.39. The Hall–Kier alpha value is -0.530. The maximum absolute atomic E-state index is 9.01. The van der Waals surface area contributed by atoms with E-state index >= 15 is 0 Å². The van der Waals surface area contributed by atoms with E-state index in [0.29, 0.717) is 5.92 Å². The van der Waals surface area contributed by atoms with Crippen LogP contribution < -0.4 is 0 Å². The Morgan fingerprint density at radius 2 is 1.50 bits per heavy atom. The molecule has 0 bridgehead atoms. The molecule has 2 heteroatoms. The van der Waals surface area contributed by atoms with Crippen LogP contribution in [-0.4, -0.2) is 10.9 Å². The average Bonchev–Trinajstić information content (AvgIpc) is 2.49. The van der Waals surface area contributed by atoms with Crippen LogP contribution in [0.3, 0.4) is 0 Å². The summed E-state index contributed by atoms with van der Waals surface area (Å²) in [7, 11) is 0. The van der Waals surface area contributed by atoms with Crippen molar-refractivity contribution >= 4 is 5.71 Å². The van der Waals surface area contributed by atoms with Crippen molar-refractivity contribution in [3.8, 4) is 0 Å². The third-order valence-electron chi connectivity index (χ3n) is 4.74. The van der Waals surface area contributed by atoms with Crippen molar-refractivity contribution in [1.82, 2.24) is 0 Å². The molecule has 1 aliphatic rings. The molecular weight excluding hydrogens is 246 g/mol. The topological polar surface area (TPSA) is 32.6 Å². The lowest BCUT2D eigenvalue weighted by Gasteiger charge is -2.22.